The molecule has 7 heteroatoms. The first kappa shape index (κ1) is 13.7. The second kappa shape index (κ2) is 5.57. The fourth-order valence-corrected chi connectivity index (χ4v) is 0.889. The van der Waals surface area contributed by atoms with Crippen LogP contribution in [0.1, 0.15) is 6.92 Å². The van der Waals surface area contributed by atoms with Crippen molar-refractivity contribution in [3.05, 3.63) is 0 Å². The van der Waals surface area contributed by atoms with Crippen LogP contribution < -0.4 is 0 Å². The smallest absolute Gasteiger partial charge is 0.341 e. The van der Waals surface area contributed by atoms with Crippen molar-refractivity contribution < 1.29 is 32.6 Å². The highest BCUT2D eigenvalue weighted by Crippen LogP contribution is 2.20. The van der Waals surface area contributed by atoms with Crippen molar-refractivity contribution in [1.29, 1.82) is 0 Å². The fraction of sp³-hybridized carbons (Fsp3) is 0.750. The van der Waals surface area contributed by atoms with Gasteiger partial charge in [0.1, 0.15) is 6.17 Å². The highest BCUT2D eigenvalue weighted by molar-refractivity contribution is 5.75. The molecule has 0 rings (SSSR count). The topological polar surface area (TPSA) is 63.6 Å². The van der Waals surface area contributed by atoms with Gasteiger partial charge in [0.25, 0.3) is 0 Å². The zero-order valence-electron chi connectivity index (χ0n) is 8.12. The van der Waals surface area contributed by atoms with Gasteiger partial charge in [-0.15, -0.1) is 0 Å². The summed E-state index contributed by atoms with van der Waals surface area (Å²) in [7, 11) is 0.961. The molecule has 0 fully saturated rings. The molecular formula is C8H11F3O4. The molecule has 1 N–H and O–H groups in total. The minimum Gasteiger partial charge on any atom is -0.479 e. The normalized spacial score (nSPS) is 18.7. The van der Waals surface area contributed by atoms with Gasteiger partial charge in [0, 0.05) is 0 Å². The van der Waals surface area contributed by atoms with E-state index in [1.807, 2.05) is 0 Å². The van der Waals surface area contributed by atoms with Gasteiger partial charge in [-0.25, -0.2) is 18.0 Å². The van der Waals surface area contributed by atoms with Crippen LogP contribution in [0.15, 0.2) is 0 Å². The molecule has 0 saturated heterocycles. The summed E-state index contributed by atoms with van der Waals surface area (Å²) in [4.78, 5) is 20.8. The molecule has 0 aliphatic heterocycles. The molecule has 0 radical (unpaired) electrons. The largest absolute Gasteiger partial charge is 0.479 e. The summed E-state index contributed by atoms with van der Waals surface area (Å²) in [6.45, 7) is 0.984. The first-order valence-corrected chi connectivity index (χ1v) is 4.05. The Bertz CT molecular complexity index is 246. The highest BCUT2D eigenvalue weighted by atomic mass is 19.2. The number of rotatable bonds is 5. The summed E-state index contributed by atoms with van der Waals surface area (Å²) < 4.78 is 42.5. The molecule has 0 aromatic carbocycles. The quantitative estimate of drug-likeness (QED) is 0.710. The molecule has 15 heavy (non-hydrogen) atoms. The average Bonchev–Trinajstić information content (AvgIpc) is 2.23. The summed E-state index contributed by atoms with van der Waals surface area (Å²) in [6.07, 6.45) is -8.44. The molecule has 4 nitrogen and oxygen atoms in total. The molecule has 0 aliphatic rings. The van der Waals surface area contributed by atoms with Gasteiger partial charge >= 0.3 is 11.9 Å². The van der Waals surface area contributed by atoms with Crippen molar-refractivity contribution in [2.45, 2.75) is 25.4 Å². The lowest BCUT2D eigenvalue weighted by molar-refractivity contribution is -0.153. The molecule has 0 aromatic rings. The number of aliphatic carboxylic acids is 1. The first-order chi connectivity index (χ1) is 6.82. The third-order valence-corrected chi connectivity index (χ3v) is 1.87. The van der Waals surface area contributed by atoms with Crippen molar-refractivity contribution >= 4 is 11.9 Å². The van der Waals surface area contributed by atoms with E-state index in [-0.39, 0.29) is 0 Å². The van der Waals surface area contributed by atoms with Gasteiger partial charge in [0.05, 0.1) is 13.0 Å². The van der Waals surface area contributed by atoms with E-state index < -0.39 is 36.4 Å². The lowest BCUT2D eigenvalue weighted by Crippen LogP contribution is -2.40. The van der Waals surface area contributed by atoms with E-state index in [2.05, 4.69) is 4.74 Å². The molecule has 0 aliphatic carbocycles. The van der Waals surface area contributed by atoms with Crippen molar-refractivity contribution in [2.24, 2.45) is 5.92 Å². The number of ether oxygens (including phenoxy) is 1. The number of halogens is 3. The van der Waals surface area contributed by atoms with Crippen LogP contribution in [0.2, 0.25) is 0 Å². The average molecular weight is 228 g/mol. The third-order valence-electron chi connectivity index (χ3n) is 1.87. The Kier molecular flexibility index (Phi) is 5.10. The maximum absolute atomic E-state index is 13.1. The Morgan fingerprint density at radius 2 is 1.67 bits per heavy atom. The molecule has 0 saturated carbocycles. The van der Waals surface area contributed by atoms with Gasteiger partial charge in [-0.1, -0.05) is 0 Å². The van der Waals surface area contributed by atoms with Crippen LogP contribution in [0.25, 0.3) is 0 Å². The van der Waals surface area contributed by atoms with E-state index >= 15 is 0 Å². The summed E-state index contributed by atoms with van der Waals surface area (Å²) in [5, 5.41) is 8.08. The molecule has 0 heterocycles. The maximum Gasteiger partial charge on any atom is 0.341 e. The Morgan fingerprint density at radius 3 is 2.00 bits per heavy atom. The summed E-state index contributed by atoms with van der Waals surface area (Å²) in [5.74, 6) is -4.73. The number of esters is 1. The Balaban J connectivity index is 4.49. The highest BCUT2D eigenvalue weighted by Gasteiger charge is 2.40. The van der Waals surface area contributed by atoms with Gasteiger partial charge in [0.15, 0.2) is 6.17 Å². The standard InChI is InChI=1S/C8H11F3O4/c1-3(8(14)15-2)4(9)5(10)6(11)7(12)13/h3-6H,1-2H3,(H,12,13). The van der Waals surface area contributed by atoms with E-state index in [0.717, 1.165) is 14.0 Å². The Labute approximate surface area is 84.0 Å². The number of carbonyl (C=O) groups excluding carboxylic acids is 1. The van der Waals surface area contributed by atoms with E-state index in [9.17, 15) is 22.8 Å². The number of alkyl halides is 3. The van der Waals surface area contributed by atoms with Crippen molar-refractivity contribution in [1.82, 2.24) is 0 Å². The zero-order valence-corrected chi connectivity index (χ0v) is 8.12. The van der Waals surface area contributed by atoms with Crippen molar-refractivity contribution in [3.63, 3.8) is 0 Å². The molecular weight excluding hydrogens is 217 g/mol. The number of carboxylic acids is 1. The number of hydrogen-bond acceptors (Lipinski definition) is 3. The van der Waals surface area contributed by atoms with Gasteiger partial charge in [-0.05, 0) is 6.92 Å². The number of carboxylic acid groups (broad SMARTS) is 1. The van der Waals surface area contributed by atoms with Gasteiger partial charge in [0.2, 0.25) is 6.17 Å². The van der Waals surface area contributed by atoms with Crippen molar-refractivity contribution in [2.75, 3.05) is 7.11 Å². The molecule has 4 atom stereocenters. The van der Waals surface area contributed by atoms with E-state index in [1.54, 1.807) is 0 Å². The number of hydrogen-bond donors (Lipinski definition) is 1. The lowest BCUT2D eigenvalue weighted by atomic mass is 9.99. The van der Waals surface area contributed by atoms with Crippen LogP contribution in [0.4, 0.5) is 13.2 Å². The summed E-state index contributed by atoms with van der Waals surface area (Å²) in [5.41, 5.74) is 0. The Hall–Kier alpha value is -1.27. The number of carbonyl (C=O) groups is 2. The second-order valence-corrected chi connectivity index (χ2v) is 2.94. The number of methoxy groups -OCH3 is 1. The predicted molar refractivity (Wildman–Crippen MR) is 43.5 cm³/mol. The lowest BCUT2D eigenvalue weighted by Gasteiger charge is -2.18. The molecule has 0 aromatic heterocycles. The molecule has 0 amide bonds. The van der Waals surface area contributed by atoms with Crippen LogP contribution >= 0.6 is 0 Å². The van der Waals surface area contributed by atoms with Crippen LogP contribution in [-0.2, 0) is 14.3 Å². The SMILES string of the molecule is COC(=O)C(C)C(F)C(F)C(F)C(=O)O. The van der Waals surface area contributed by atoms with Gasteiger partial charge in [-0.2, -0.15) is 0 Å². The summed E-state index contributed by atoms with van der Waals surface area (Å²) in [6, 6.07) is 0. The minimum atomic E-state index is -2.99. The van der Waals surface area contributed by atoms with Crippen LogP contribution in [0.5, 0.6) is 0 Å². The summed E-state index contributed by atoms with van der Waals surface area (Å²) >= 11 is 0. The molecule has 0 spiro atoms. The second-order valence-electron chi connectivity index (χ2n) is 2.94. The van der Waals surface area contributed by atoms with E-state index in [0.29, 0.717) is 0 Å². The van der Waals surface area contributed by atoms with E-state index in [1.165, 1.54) is 0 Å². The molecule has 0 bridgehead atoms. The van der Waals surface area contributed by atoms with Crippen LogP contribution in [0.3, 0.4) is 0 Å². The monoisotopic (exact) mass is 228 g/mol. The molecule has 4 unspecified atom stereocenters. The predicted octanol–water partition coefficient (Wildman–Crippen LogP) is 0.894. The van der Waals surface area contributed by atoms with Crippen molar-refractivity contribution in [3.8, 4) is 0 Å². The van der Waals surface area contributed by atoms with E-state index in [4.69, 9.17) is 5.11 Å². The minimum absolute atomic E-state index is 0.961. The zero-order chi connectivity index (χ0) is 12.2. The van der Waals surface area contributed by atoms with Gasteiger partial charge < -0.3 is 9.84 Å². The first-order valence-electron chi connectivity index (χ1n) is 4.05. The molecule has 88 valence electrons. The van der Waals surface area contributed by atoms with Crippen LogP contribution in [0, 0.1) is 5.92 Å². The van der Waals surface area contributed by atoms with Gasteiger partial charge in [-0.3, -0.25) is 4.79 Å². The van der Waals surface area contributed by atoms with Crippen LogP contribution in [-0.4, -0.2) is 42.7 Å². The third kappa shape index (κ3) is 3.41. The Morgan fingerprint density at radius 1 is 1.20 bits per heavy atom. The maximum atomic E-state index is 13.1. The fourth-order valence-electron chi connectivity index (χ4n) is 0.889.